The van der Waals surface area contributed by atoms with Crippen LogP contribution in [0.25, 0.3) is 10.9 Å². The van der Waals surface area contributed by atoms with Crippen LogP contribution in [0.5, 0.6) is 0 Å². The summed E-state index contributed by atoms with van der Waals surface area (Å²) in [5, 5.41) is 11.3. The molecule has 122 valence electrons. The van der Waals surface area contributed by atoms with Crippen LogP contribution in [0.4, 0.5) is 0 Å². The third-order valence-electron chi connectivity index (χ3n) is 4.09. The molecule has 1 N–H and O–H groups in total. The van der Waals surface area contributed by atoms with Crippen molar-refractivity contribution in [1.29, 1.82) is 0 Å². The minimum absolute atomic E-state index is 0.0237. The predicted octanol–water partition coefficient (Wildman–Crippen LogP) is 0.865. The van der Waals surface area contributed by atoms with E-state index in [2.05, 4.69) is 15.6 Å². The zero-order valence-corrected chi connectivity index (χ0v) is 13.1. The van der Waals surface area contributed by atoms with Gasteiger partial charge < -0.3 is 10.1 Å². The van der Waals surface area contributed by atoms with Gasteiger partial charge in [-0.25, -0.2) is 4.68 Å². The zero-order chi connectivity index (χ0) is 16.2. The first-order valence-electron chi connectivity index (χ1n) is 7.88. The van der Waals surface area contributed by atoms with Gasteiger partial charge in [0.15, 0.2) is 0 Å². The molecule has 0 radical (unpaired) electrons. The molecule has 0 saturated carbocycles. The van der Waals surface area contributed by atoms with E-state index in [1.807, 2.05) is 6.92 Å². The molecule has 2 aromatic rings. The van der Waals surface area contributed by atoms with Crippen LogP contribution in [-0.4, -0.2) is 39.7 Å². The number of nitrogens with one attached hydrogen (secondary N) is 1. The van der Waals surface area contributed by atoms with Crippen molar-refractivity contribution in [3.05, 3.63) is 34.6 Å². The molecule has 0 aliphatic carbocycles. The molecule has 1 amide bonds. The average Bonchev–Trinajstić information content (AvgIpc) is 3.09. The molecule has 1 aliphatic heterocycles. The Hall–Kier alpha value is -2.28. The minimum Gasteiger partial charge on any atom is -0.376 e. The third kappa shape index (κ3) is 3.56. The fourth-order valence-electron chi connectivity index (χ4n) is 2.79. The van der Waals surface area contributed by atoms with E-state index in [1.54, 1.807) is 24.3 Å². The molecule has 3 rings (SSSR count). The summed E-state index contributed by atoms with van der Waals surface area (Å²) in [6.45, 7) is 2.91. The molecule has 1 aromatic carbocycles. The molecule has 1 saturated heterocycles. The normalized spacial score (nSPS) is 18.9. The molecule has 1 fully saturated rings. The van der Waals surface area contributed by atoms with Gasteiger partial charge in [-0.2, -0.15) is 0 Å². The maximum Gasteiger partial charge on any atom is 0.277 e. The Morgan fingerprint density at radius 1 is 1.48 bits per heavy atom. The van der Waals surface area contributed by atoms with E-state index in [-0.39, 0.29) is 36.6 Å². The fraction of sp³-hybridized carbons (Fsp3) is 0.500. The molecule has 0 spiro atoms. The highest BCUT2D eigenvalue weighted by atomic mass is 16.5. The van der Waals surface area contributed by atoms with Crippen LogP contribution in [0.15, 0.2) is 29.1 Å². The lowest BCUT2D eigenvalue weighted by molar-refractivity contribution is -0.122. The van der Waals surface area contributed by atoms with Gasteiger partial charge >= 0.3 is 0 Å². The standard InChI is InChI=1S/C16H20N4O3/c1-11(14-7-4-10-23-14)17-15(21)8-9-20-16(22)12-5-2-3-6-13(12)18-19-20/h2-3,5-6,11,14H,4,7-10H2,1H3,(H,17,21). The number of fused-ring (bicyclic) bond motifs is 1. The smallest absolute Gasteiger partial charge is 0.277 e. The van der Waals surface area contributed by atoms with Crippen molar-refractivity contribution in [1.82, 2.24) is 20.3 Å². The largest absolute Gasteiger partial charge is 0.376 e. The number of aryl methyl sites for hydroxylation is 1. The van der Waals surface area contributed by atoms with E-state index in [1.165, 1.54) is 4.68 Å². The lowest BCUT2D eigenvalue weighted by Gasteiger charge is -2.19. The van der Waals surface area contributed by atoms with Crippen LogP contribution in [0, 0.1) is 0 Å². The number of aromatic nitrogens is 3. The topological polar surface area (TPSA) is 86.1 Å². The van der Waals surface area contributed by atoms with Crippen molar-refractivity contribution in [2.24, 2.45) is 0 Å². The third-order valence-corrected chi connectivity index (χ3v) is 4.09. The summed E-state index contributed by atoms with van der Waals surface area (Å²) >= 11 is 0. The van der Waals surface area contributed by atoms with Crippen LogP contribution in [0.3, 0.4) is 0 Å². The Kier molecular flexibility index (Phi) is 4.66. The molecule has 2 heterocycles. The van der Waals surface area contributed by atoms with Crippen molar-refractivity contribution in [3.63, 3.8) is 0 Å². The average molecular weight is 316 g/mol. The van der Waals surface area contributed by atoms with Crippen molar-refractivity contribution in [2.75, 3.05) is 6.61 Å². The van der Waals surface area contributed by atoms with Gasteiger partial charge in [0.1, 0.15) is 5.52 Å². The zero-order valence-electron chi connectivity index (χ0n) is 13.1. The number of carbonyl (C=O) groups excluding carboxylic acids is 1. The molecule has 2 atom stereocenters. The second-order valence-electron chi connectivity index (χ2n) is 5.79. The van der Waals surface area contributed by atoms with Gasteiger partial charge in [-0.05, 0) is 31.9 Å². The Bertz CT molecular complexity index is 752. The highest BCUT2D eigenvalue weighted by Crippen LogP contribution is 2.15. The first kappa shape index (κ1) is 15.6. The van der Waals surface area contributed by atoms with Crippen LogP contribution in [-0.2, 0) is 16.1 Å². The van der Waals surface area contributed by atoms with Gasteiger partial charge in [0.05, 0.1) is 24.1 Å². The molecule has 2 unspecified atom stereocenters. The number of benzene rings is 1. The lowest BCUT2D eigenvalue weighted by Crippen LogP contribution is -2.41. The van der Waals surface area contributed by atoms with E-state index in [0.717, 1.165) is 19.4 Å². The van der Waals surface area contributed by atoms with Crippen molar-refractivity contribution < 1.29 is 9.53 Å². The molecule has 1 aliphatic rings. The van der Waals surface area contributed by atoms with E-state index < -0.39 is 0 Å². The number of carbonyl (C=O) groups is 1. The summed E-state index contributed by atoms with van der Waals surface area (Å²) in [7, 11) is 0. The number of hydrogen-bond donors (Lipinski definition) is 1. The number of ether oxygens (including phenoxy) is 1. The molecule has 23 heavy (non-hydrogen) atoms. The summed E-state index contributed by atoms with van der Waals surface area (Å²) in [4.78, 5) is 24.3. The van der Waals surface area contributed by atoms with Gasteiger partial charge in [0.25, 0.3) is 5.56 Å². The number of nitrogens with zero attached hydrogens (tertiary/aromatic N) is 3. The van der Waals surface area contributed by atoms with Gasteiger partial charge in [-0.3, -0.25) is 9.59 Å². The van der Waals surface area contributed by atoms with Gasteiger partial charge in [-0.15, -0.1) is 5.10 Å². The van der Waals surface area contributed by atoms with Crippen LogP contribution in [0.1, 0.15) is 26.2 Å². The number of hydrogen-bond acceptors (Lipinski definition) is 5. The predicted molar refractivity (Wildman–Crippen MR) is 85.0 cm³/mol. The van der Waals surface area contributed by atoms with Crippen molar-refractivity contribution in [2.45, 2.75) is 44.9 Å². The van der Waals surface area contributed by atoms with Gasteiger partial charge in [0.2, 0.25) is 5.91 Å². The van der Waals surface area contributed by atoms with Gasteiger partial charge in [-0.1, -0.05) is 17.3 Å². The molecule has 1 aromatic heterocycles. The molecular weight excluding hydrogens is 296 g/mol. The second-order valence-corrected chi connectivity index (χ2v) is 5.79. The lowest BCUT2D eigenvalue weighted by atomic mass is 10.1. The Labute approximate surface area is 133 Å². The van der Waals surface area contributed by atoms with E-state index in [0.29, 0.717) is 10.9 Å². The summed E-state index contributed by atoms with van der Waals surface area (Å²) in [6.07, 6.45) is 2.27. The first-order valence-corrected chi connectivity index (χ1v) is 7.88. The maximum absolute atomic E-state index is 12.3. The highest BCUT2D eigenvalue weighted by Gasteiger charge is 2.23. The van der Waals surface area contributed by atoms with E-state index in [9.17, 15) is 9.59 Å². The highest BCUT2D eigenvalue weighted by molar-refractivity contribution is 5.77. The fourth-order valence-corrected chi connectivity index (χ4v) is 2.79. The maximum atomic E-state index is 12.3. The Morgan fingerprint density at radius 2 is 2.30 bits per heavy atom. The Balaban J connectivity index is 1.60. The molecule has 0 bridgehead atoms. The number of amides is 1. The summed E-state index contributed by atoms with van der Waals surface area (Å²) in [6, 6.07) is 7.02. The summed E-state index contributed by atoms with van der Waals surface area (Å²) < 4.78 is 6.79. The minimum atomic E-state index is -0.226. The summed E-state index contributed by atoms with van der Waals surface area (Å²) in [5.74, 6) is -0.116. The van der Waals surface area contributed by atoms with E-state index in [4.69, 9.17) is 4.74 Å². The van der Waals surface area contributed by atoms with Crippen LogP contribution < -0.4 is 10.9 Å². The Morgan fingerprint density at radius 3 is 3.09 bits per heavy atom. The SMILES string of the molecule is CC(NC(=O)CCn1nnc2ccccc2c1=O)C1CCCO1. The van der Waals surface area contributed by atoms with Crippen molar-refractivity contribution >= 4 is 16.8 Å². The van der Waals surface area contributed by atoms with Crippen LogP contribution in [0.2, 0.25) is 0 Å². The molecule has 7 nitrogen and oxygen atoms in total. The van der Waals surface area contributed by atoms with Crippen LogP contribution >= 0.6 is 0 Å². The number of rotatable bonds is 5. The second kappa shape index (κ2) is 6.87. The van der Waals surface area contributed by atoms with Gasteiger partial charge in [0, 0.05) is 13.0 Å². The van der Waals surface area contributed by atoms with E-state index >= 15 is 0 Å². The monoisotopic (exact) mass is 316 g/mol. The summed E-state index contributed by atoms with van der Waals surface area (Å²) in [5.41, 5.74) is 0.334. The molecule has 7 heteroatoms. The van der Waals surface area contributed by atoms with Crippen molar-refractivity contribution in [3.8, 4) is 0 Å². The quantitative estimate of drug-likeness (QED) is 0.884. The molecular formula is C16H20N4O3. The first-order chi connectivity index (χ1) is 11.1.